The van der Waals surface area contributed by atoms with Crippen molar-refractivity contribution in [2.24, 2.45) is 0 Å². The van der Waals surface area contributed by atoms with Gasteiger partial charge in [-0.2, -0.15) is 4.31 Å². The number of hydrogen-bond acceptors (Lipinski definition) is 3. The largest absolute Gasteiger partial charge is 0.353 e. The van der Waals surface area contributed by atoms with E-state index >= 15 is 0 Å². The number of hydrogen-bond donors (Lipinski definition) is 1. The molecular formula is C13H19BrN2O3S. The van der Waals surface area contributed by atoms with Gasteiger partial charge in [0.15, 0.2) is 0 Å². The lowest BCUT2D eigenvalue weighted by atomic mass is 10.4. The van der Waals surface area contributed by atoms with Gasteiger partial charge in [-0.3, -0.25) is 4.79 Å². The van der Waals surface area contributed by atoms with Crippen molar-refractivity contribution in [1.29, 1.82) is 0 Å². The van der Waals surface area contributed by atoms with Crippen LogP contribution in [0.1, 0.15) is 20.8 Å². The van der Waals surface area contributed by atoms with E-state index in [-0.39, 0.29) is 29.9 Å². The molecule has 0 radical (unpaired) electrons. The van der Waals surface area contributed by atoms with Crippen molar-refractivity contribution in [3.05, 3.63) is 28.7 Å². The Kier molecular flexibility index (Phi) is 6.16. The van der Waals surface area contributed by atoms with Crippen molar-refractivity contribution in [2.75, 3.05) is 13.1 Å². The van der Waals surface area contributed by atoms with Gasteiger partial charge in [0.1, 0.15) is 0 Å². The first-order chi connectivity index (χ1) is 9.27. The van der Waals surface area contributed by atoms with E-state index in [1.165, 1.54) is 12.1 Å². The van der Waals surface area contributed by atoms with E-state index in [9.17, 15) is 13.2 Å². The van der Waals surface area contributed by atoms with Crippen LogP contribution >= 0.6 is 15.9 Å². The summed E-state index contributed by atoms with van der Waals surface area (Å²) >= 11 is 3.26. The molecule has 0 spiro atoms. The van der Waals surface area contributed by atoms with E-state index in [1.54, 1.807) is 19.1 Å². The van der Waals surface area contributed by atoms with E-state index in [0.29, 0.717) is 0 Å². The standard InChI is InChI=1S/C13H19BrN2O3S/c1-4-16(9-13(17)15-10(2)3)20(18,19)12-7-5-11(14)6-8-12/h5-8,10H,4,9H2,1-3H3,(H,15,17). The fourth-order valence-corrected chi connectivity index (χ4v) is 3.32. The Morgan fingerprint density at radius 1 is 1.30 bits per heavy atom. The number of rotatable bonds is 6. The van der Waals surface area contributed by atoms with Crippen LogP contribution < -0.4 is 5.32 Å². The average Bonchev–Trinajstić information content (AvgIpc) is 2.35. The summed E-state index contributed by atoms with van der Waals surface area (Å²) in [5.41, 5.74) is 0. The van der Waals surface area contributed by atoms with Gasteiger partial charge in [-0.15, -0.1) is 0 Å². The molecule has 0 aromatic heterocycles. The van der Waals surface area contributed by atoms with Crippen LogP contribution in [-0.2, 0) is 14.8 Å². The third-order valence-electron chi connectivity index (χ3n) is 2.57. The second kappa shape index (κ2) is 7.19. The van der Waals surface area contributed by atoms with Gasteiger partial charge in [0.05, 0.1) is 11.4 Å². The van der Waals surface area contributed by atoms with E-state index in [1.807, 2.05) is 13.8 Å². The molecule has 0 unspecified atom stereocenters. The Balaban J connectivity index is 2.92. The zero-order chi connectivity index (χ0) is 15.3. The number of nitrogens with one attached hydrogen (secondary N) is 1. The average molecular weight is 363 g/mol. The van der Waals surface area contributed by atoms with Gasteiger partial charge in [0, 0.05) is 17.1 Å². The second-order valence-corrected chi connectivity index (χ2v) is 7.46. The Hall–Kier alpha value is -0.920. The van der Waals surface area contributed by atoms with Crippen LogP contribution in [0.25, 0.3) is 0 Å². The molecule has 1 N–H and O–H groups in total. The highest BCUT2D eigenvalue weighted by atomic mass is 79.9. The number of halogens is 1. The maximum absolute atomic E-state index is 12.4. The van der Waals surface area contributed by atoms with Crippen LogP contribution in [0.3, 0.4) is 0 Å². The minimum absolute atomic E-state index is 0.0170. The zero-order valence-corrected chi connectivity index (χ0v) is 14.2. The molecule has 1 aromatic rings. The topological polar surface area (TPSA) is 66.5 Å². The summed E-state index contributed by atoms with van der Waals surface area (Å²) in [6, 6.07) is 6.34. The highest BCUT2D eigenvalue weighted by Gasteiger charge is 2.25. The normalized spacial score (nSPS) is 11.9. The SMILES string of the molecule is CCN(CC(=O)NC(C)C)S(=O)(=O)c1ccc(Br)cc1. The smallest absolute Gasteiger partial charge is 0.243 e. The van der Waals surface area contributed by atoms with Crippen molar-refractivity contribution in [3.8, 4) is 0 Å². The number of nitrogens with zero attached hydrogens (tertiary/aromatic N) is 1. The Morgan fingerprint density at radius 2 is 1.85 bits per heavy atom. The highest BCUT2D eigenvalue weighted by molar-refractivity contribution is 9.10. The third-order valence-corrected chi connectivity index (χ3v) is 5.04. The first kappa shape index (κ1) is 17.1. The molecule has 7 heteroatoms. The van der Waals surface area contributed by atoms with Crippen molar-refractivity contribution in [2.45, 2.75) is 31.7 Å². The second-order valence-electron chi connectivity index (χ2n) is 4.61. The van der Waals surface area contributed by atoms with Crippen LogP contribution in [0.4, 0.5) is 0 Å². The molecular weight excluding hydrogens is 344 g/mol. The molecule has 0 aliphatic heterocycles. The molecule has 0 saturated carbocycles. The van der Waals surface area contributed by atoms with Crippen molar-refractivity contribution >= 4 is 31.9 Å². The molecule has 1 rings (SSSR count). The minimum Gasteiger partial charge on any atom is -0.353 e. The molecule has 0 atom stereocenters. The van der Waals surface area contributed by atoms with E-state index in [0.717, 1.165) is 8.78 Å². The number of sulfonamides is 1. The van der Waals surface area contributed by atoms with Crippen molar-refractivity contribution in [1.82, 2.24) is 9.62 Å². The molecule has 0 bridgehead atoms. The van der Waals surface area contributed by atoms with Gasteiger partial charge in [0.25, 0.3) is 0 Å². The molecule has 0 heterocycles. The molecule has 0 fully saturated rings. The predicted octanol–water partition coefficient (Wildman–Crippen LogP) is 1.98. The fraction of sp³-hybridized carbons (Fsp3) is 0.462. The molecule has 0 aliphatic rings. The summed E-state index contributed by atoms with van der Waals surface area (Å²) in [6.07, 6.45) is 0. The van der Waals surface area contributed by atoms with Crippen LogP contribution in [-0.4, -0.2) is 37.8 Å². The Labute approximate surface area is 128 Å². The summed E-state index contributed by atoms with van der Waals surface area (Å²) in [6.45, 7) is 5.44. The fourth-order valence-electron chi connectivity index (χ4n) is 1.65. The summed E-state index contributed by atoms with van der Waals surface area (Å²) < 4.78 is 26.8. The quantitative estimate of drug-likeness (QED) is 0.841. The number of likely N-dealkylation sites (N-methyl/N-ethyl adjacent to an activating group) is 1. The predicted molar refractivity (Wildman–Crippen MR) is 81.9 cm³/mol. The van der Waals surface area contributed by atoms with Crippen LogP contribution in [0.15, 0.2) is 33.6 Å². The summed E-state index contributed by atoms with van der Waals surface area (Å²) in [7, 11) is -3.65. The molecule has 5 nitrogen and oxygen atoms in total. The lowest BCUT2D eigenvalue weighted by Crippen LogP contribution is -2.42. The first-order valence-corrected chi connectivity index (χ1v) is 8.55. The van der Waals surface area contributed by atoms with E-state index < -0.39 is 10.0 Å². The Morgan fingerprint density at radius 3 is 2.30 bits per heavy atom. The molecule has 112 valence electrons. The van der Waals surface area contributed by atoms with Crippen LogP contribution in [0, 0.1) is 0 Å². The Bertz CT molecular complexity index is 555. The molecule has 1 aromatic carbocycles. The number of benzene rings is 1. The summed E-state index contributed by atoms with van der Waals surface area (Å²) in [4.78, 5) is 11.9. The van der Waals surface area contributed by atoms with E-state index in [4.69, 9.17) is 0 Å². The molecule has 1 amide bonds. The molecule has 20 heavy (non-hydrogen) atoms. The maximum atomic E-state index is 12.4. The summed E-state index contributed by atoms with van der Waals surface area (Å²) in [5, 5.41) is 2.69. The van der Waals surface area contributed by atoms with Gasteiger partial charge < -0.3 is 5.32 Å². The number of carbonyl (C=O) groups is 1. The van der Waals surface area contributed by atoms with Crippen molar-refractivity contribution < 1.29 is 13.2 Å². The van der Waals surface area contributed by atoms with Gasteiger partial charge in [0.2, 0.25) is 15.9 Å². The third kappa shape index (κ3) is 4.57. The monoisotopic (exact) mass is 362 g/mol. The highest BCUT2D eigenvalue weighted by Crippen LogP contribution is 2.18. The van der Waals surface area contributed by atoms with Crippen molar-refractivity contribution in [3.63, 3.8) is 0 Å². The van der Waals surface area contributed by atoms with Crippen LogP contribution in [0.2, 0.25) is 0 Å². The van der Waals surface area contributed by atoms with Gasteiger partial charge in [-0.25, -0.2) is 8.42 Å². The van der Waals surface area contributed by atoms with Crippen LogP contribution in [0.5, 0.6) is 0 Å². The molecule has 0 aliphatic carbocycles. The van der Waals surface area contributed by atoms with E-state index in [2.05, 4.69) is 21.2 Å². The van der Waals surface area contributed by atoms with Gasteiger partial charge >= 0.3 is 0 Å². The minimum atomic E-state index is -3.65. The zero-order valence-electron chi connectivity index (χ0n) is 11.8. The van der Waals surface area contributed by atoms with Gasteiger partial charge in [-0.05, 0) is 38.1 Å². The maximum Gasteiger partial charge on any atom is 0.243 e. The van der Waals surface area contributed by atoms with Gasteiger partial charge in [-0.1, -0.05) is 22.9 Å². The summed E-state index contributed by atoms with van der Waals surface area (Å²) in [5.74, 6) is -0.303. The number of amides is 1. The first-order valence-electron chi connectivity index (χ1n) is 6.32. The lowest BCUT2D eigenvalue weighted by molar-refractivity contribution is -0.121. The lowest BCUT2D eigenvalue weighted by Gasteiger charge is -2.20. The number of carbonyl (C=O) groups excluding carboxylic acids is 1. The molecule has 0 saturated heterocycles.